The summed E-state index contributed by atoms with van der Waals surface area (Å²) >= 11 is 3.89. The zero-order valence-electron chi connectivity index (χ0n) is 8.45. The van der Waals surface area contributed by atoms with Gasteiger partial charge in [0, 0.05) is 6.08 Å². The molecule has 0 aromatic rings. The Labute approximate surface area is 94.6 Å². The molecular weight excluding hydrogens is 210 g/mol. The monoisotopic (exact) mass is 225 g/mol. The maximum absolute atomic E-state index is 8.57. The van der Waals surface area contributed by atoms with Crippen LogP contribution in [0, 0.1) is 11.3 Å². The molecule has 3 heteroatoms. The number of nitrogens with zero attached hydrogens (tertiary/aromatic N) is 1. The molecule has 0 atom stereocenters. The van der Waals surface area contributed by atoms with Crippen LogP contribution in [0.4, 0.5) is 0 Å². The Balaban J connectivity index is 2.72. The summed E-state index contributed by atoms with van der Waals surface area (Å²) in [5.41, 5.74) is 1.19. The van der Waals surface area contributed by atoms with Gasteiger partial charge >= 0.3 is 0 Å². The van der Waals surface area contributed by atoms with E-state index in [0.29, 0.717) is 0 Å². The Morgan fingerprint density at radius 3 is 2.71 bits per heavy atom. The Bertz CT molecular complexity index is 270. The molecule has 1 rings (SSSR count). The topological polar surface area (TPSA) is 23.8 Å². The van der Waals surface area contributed by atoms with Crippen molar-refractivity contribution in [2.75, 3.05) is 11.5 Å². The van der Waals surface area contributed by atoms with Gasteiger partial charge in [-0.15, -0.1) is 30.1 Å². The molecule has 1 nitrogen and oxygen atoms in total. The van der Waals surface area contributed by atoms with E-state index in [1.807, 2.05) is 29.6 Å². The van der Waals surface area contributed by atoms with Crippen molar-refractivity contribution in [1.29, 1.82) is 5.26 Å². The maximum atomic E-state index is 8.57. The molecule has 0 spiro atoms. The van der Waals surface area contributed by atoms with Crippen molar-refractivity contribution < 1.29 is 0 Å². The summed E-state index contributed by atoms with van der Waals surface area (Å²) < 4.78 is 0.0831. The number of allylic oxidation sites excluding steroid dienone is 2. The summed E-state index contributed by atoms with van der Waals surface area (Å²) in [5, 5.41) is 8.57. The highest BCUT2D eigenvalue weighted by Crippen LogP contribution is 2.47. The van der Waals surface area contributed by atoms with Crippen molar-refractivity contribution in [3.63, 3.8) is 0 Å². The van der Waals surface area contributed by atoms with Crippen LogP contribution in [-0.4, -0.2) is 15.6 Å². The van der Waals surface area contributed by atoms with Gasteiger partial charge in [0.1, 0.15) is 0 Å². The smallest absolute Gasteiger partial charge is 0.0909 e. The first-order chi connectivity index (χ1) is 6.68. The fraction of sp³-hybridized carbons (Fsp3) is 0.545. The number of thioether (sulfide) groups is 2. The molecule has 0 aromatic heterocycles. The van der Waals surface area contributed by atoms with Crippen molar-refractivity contribution in [3.05, 3.63) is 24.3 Å². The summed E-state index contributed by atoms with van der Waals surface area (Å²) in [5.74, 6) is 2.38. The average Bonchev–Trinajstić information content (AvgIpc) is 2.15. The van der Waals surface area contributed by atoms with Gasteiger partial charge in [-0.05, 0) is 37.3 Å². The van der Waals surface area contributed by atoms with Gasteiger partial charge in [-0.1, -0.05) is 5.57 Å². The third-order valence-electron chi connectivity index (χ3n) is 1.94. The lowest BCUT2D eigenvalue weighted by atomic mass is 10.1. The molecular formula is C11H15NS2. The number of hydrogen-bond acceptors (Lipinski definition) is 3. The van der Waals surface area contributed by atoms with Gasteiger partial charge in [0.2, 0.25) is 0 Å². The van der Waals surface area contributed by atoms with Crippen molar-refractivity contribution in [3.8, 4) is 6.07 Å². The van der Waals surface area contributed by atoms with Crippen LogP contribution < -0.4 is 0 Å². The minimum atomic E-state index is 0.0831. The molecule has 1 aliphatic rings. The standard InChI is InChI=1S/C11H15NS2/c1-10(2)9-11(5-3-6-12)13-7-4-8-14-11/h3,5H,1,4,7-9H2,2H3/b5-3+. The van der Waals surface area contributed by atoms with E-state index in [1.54, 1.807) is 6.08 Å². The Morgan fingerprint density at radius 1 is 1.57 bits per heavy atom. The first-order valence-corrected chi connectivity index (χ1v) is 6.65. The molecule has 76 valence electrons. The van der Waals surface area contributed by atoms with E-state index in [0.717, 1.165) is 6.42 Å². The van der Waals surface area contributed by atoms with E-state index >= 15 is 0 Å². The Kier molecular flexibility index (Phi) is 4.64. The number of rotatable bonds is 3. The second-order valence-corrected chi connectivity index (χ2v) is 6.57. The zero-order valence-corrected chi connectivity index (χ0v) is 10.1. The van der Waals surface area contributed by atoms with Gasteiger partial charge in [-0.2, -0.15) is 5.26 Å². The molecule has 0 amide bonds. The highest BCUT2D eigenvalue weighted by molar-refractivity contribution is 8.19. The molecule has 0 aliphatic carbocycles. The van der Waals surface area contributed by atoms with Crippen LogP contribution >= 0.6 is 23.5 Å². The fourth-order valence-corrected chi connectivity index (χ4v) is 4.74. The van der Waals surface area contributed by atoms with Crippen molar-refractivity contribution in [2.24, 2.45) is 0 Å². The third kappa shape index (κ3) is 3.43. The van der Waals surface area contributed by atoms with E-state index in [-0.39, 0.29) is 4.08 Å². The third-order valence-corrected chi connectivity index (χ3v) is 5.17. The molecule has 0 aromatic carbocycles. The van der Waals surface area contributed by atoms with Crippen LogP contribution in [0.1, 0.15) is 19.8 Å². The Morgan fingerprint density at radius 2 is 2.21 bits per heavy atom. The van der Waals surface area contributed by atoms with Crippen LogP contribution in [0.2, 0.25) is 0 Å². The first-order valence-electron chi connectivity index (χ1n) is 4.68. The average molecular weight is 225 g/mol. The molecule has 1 aliphatic heterocycles. The molecule has 1 heterocycles. The number of hydrogen-bond donors (Lipinski definition) is 0. The lowest BCUT2D eigenvalue weighted by Crippen LogP contribution is -2.22. The van der Waals surface area contributed by atoms with Crippen LogP contribution in [0.3, 0.4) is 0 Å². The van der Waals surface area contributed by atoms with Gasteiger partial charge in [-0.25, -0.2) is 0 Å². The lowest BCUT2D eigenvalue weighted by Gasteiger charge is -2.33. The fourth-order valence-electron chi connectivity index (χ4n) is 1.43. The number of nitriles is 1. The molecule has 0 bridgehead atoms. The van der Waals surface area contributed by atoms with E-state index in [9.17, 15) is 0 Å². The SMILES string of the molecule is C=C(C)CC1(/C=C/C#N)SCCCS1. The van der Waals surface area contributed by atoms with Crippen LogP contribution in [0.5, 0.6) is 0 Å². The van der Waals surface area contributed by atoms with Gasteiger partial charge in [0.25, 0.3) is 0 Å². The predicted molar refractivity (Wildman–Crippen MR) is 66.4 cm³/mol. The molecule has 14 heavy (non-hydrogen) atoms. The van der Waals surface area contributed by atoms with Crippen LogP contribution in [0.25, 0.3) is 0 Å². The zero-order chi connectivity index (χ0) is 10.4. The highest BCUT2D eigenvalue weighted by atomic mass is 32.2. The lowest BCUT2D eigenvalue weighted by molar-refractivity contribution is 0.921. The summed E-state index contributed by atoms with van der Waals surface area (Å²) in [6.07, 6.45) is 5.89. The minimum absolute atomic E-state index is 0.0831. The maximum Gasteiger partial charge on any atom is 0.0909 e. The van der Waals surface area contributed by atoms with Gasteiger partial charge < -0.3 is 0 Å². The molecule has 1 fully saturated rings. The normalized spacial score (nSPS) is 20.6. The summed E-state index contributed by atoms with van der Waals surface area (Å²) in [6, 6.07) is 2.08. The van der Waals surface area contributed by atoms with E-state index in [2.05, 4.69) is 19.6 Å². The van der Waals surface area contributed by atoms with Crippen LogP contribution in [0.15, 0.2) is 24.3 Å². The second-order valence-electron chi connectivity index (χ2n) is 3.46. The summed E-state index contributed by atoms with van der Waals surface area (Å²) in [6.45, 7) is 6.01. The van der Waals surface area contributed by atoms with Gasteiger partial charge in [0.05, 0.1) is 10.1 Å². The highest BCUT2D eigenvalue weighted by Gasteiger charge is 2.30. The molecule has 0 radical (unpaired) electrons. The summed E-state index contributed by atoms with van der Waals surface area (Å²) in [7, 11) is 0. The quantitative estimate of drug-likeness (QED) is 0.541. The first kappa shape index (κ1) is 11.7. The van der Waals surface area contributed by atoms with Crippen molar-refractivity contribution in [2.45, 2.75) is 23.8 Å². The van der Waals surface area contributed by atoms with Gasteiger partial charge in [-0.3, -0.25) is 0 Å². The molecule has 0 unspecified atom stereocenters. The Hall–Kier alpha value is -0.330. The minimum Gasteiger partial charge on any atom is -0.193 e. The molecule has 0 saturated carbocycles. The summed E-state index contributed by atoms with van der Waals surface area (Å²) in [4.78, 5) is 0. The van der Waals surface area contributed by atoms with Crippen LogP contribution in [-0.2, 0) is 0 Å². The molecule has 1 saturated heterocycles. The van der Waals surface area contributed by atoms with E-state index < -0.39 is 0 Å². The van der Waals surface area contributed by atoms with E-state index in [4.69, 9.17) is 5.26 Å². The van der Waals surface area contributed by atoms with E-state index in [1.165, 1.54) is 23.5 Å². The largest absolute Gasteiger partial charge is 0.193 e. The van der Waals surface area contributed by atoms with Crippen molar-refractivity contribution >= 4 is 23.5 Å². The molecule has 0 N–H and O–H groups in total. The second kappa shape index (κ2) is 5.53. The predicted octanol–water partition coefficient (Wildman–Crippen LogP) is 3.60. The van der Waals surface area contributed by atoms with Gasteiger partial charge in [0.15, 0.2) is 0 Å². The van der Waals surface area contributed by atoms with Crippen molar-refractivity contribution in [1.82, 2.24) is 0 Å².